The zero-order chi connectivity index (χ0) is 22.0. The molecule has 3 aromatic carbocycles. The quantitative estimate of drug-likeness (QED) is 0.424. The molecule has 4 rings (SSSR count). The lowest BCUT2D eigenvalue weighted by Gasteiger charge is -2.12. The van der Waals surface area contributed by atoms with Crippen molar-refractivity contribution >= 4 is 22.8 Å². The first-order chi connectivity index (χ1) is 15.0. The van der Waals surface area contributed by atoms with Crippen molar-refractivity contribution in [3.63, 3.8) is 0 Å². The second-order valence-corrected chi connectivity index (χ2v) is 7.32. The zero-order valence-electron chi connectivity index (χ0n) is 17.7. The summed E-state index contributed by atoms with van der Waals surface area (Å²) in [7, 11) is 1.61. The van der Waals surface area contributed by atoms with Crippen LogP contribution in [0.1, 0.15) is 34.1 Å². The van der Waals surface area contributed by atoms with Gasteiger partial charge in [-0.2, -0.15) is 0 Å². The summed E-state index contributed by atoms with van der Waals surface area (Å²) in [5.74, 6) is 0.436. The summed E-state index contributed by atoms with van der Waals surface area (Å²) in [6.45, 7) is 3.15. The van der Waals surface area contributed by atoms with Crippen molar-refractivity contribution < 1.29 is 19.1 Å². The van der Waals surface area contributed by atoms with Gasteiger partial charge in [0.2, 0.25) is 0 Å². The van der Waals surface area contributed by atoms with Crippen molar-refractivity contribution in [2.24, 2.45) is 0 Å². The van der Waals surface area contributed by atoms with Crippen LogP contribution in [0.2, 0.25) is 0 Å². The van der Waals surface area contributed by atoms with Gasteiger partial charge in [-0.05, 0) is 36.8 Å². The lowest BCUT2D eigenvalue weighted by Crippen LogP contribution is -2.13. The smallest absolute Gasteiger partial charge is 0.308 e. The van der Waals surface area contributed by atoms with E-state index in [1.807, 2.05) is 60.7 Å². The Hall–Kier alpha value is -3.86. The van der Waals surface area contributed by atoms with Gasteiger partial charge in [-0.1, -0.05) is 48.5 Å². The minimum absolute atomic E-state index is 0.183. The van der Waals surface area contributed by atoms with Gasteiger partial charge in [0, 0.05) is 24.5 Å². The topological polar surface area (TPSA) is 57.5 Å². The van der Waals surface area contributed by atoms with Crippen molar-refractivity contribution in [3.8, 4) is 11.5 Å². The molecular weight excluding hydrogens is 390 g/mol. The molecule has 31 heavy (non-hydrogen) atoms. The van der Waals surface area contributed by atoms with E-state index in [1.54, 1.807) is 30.7 Å². The van der Waals surface area contributed by atoms with Gasteiger partial charge in [-0.15, -0.1) is 0 Å². The average molecular weight is 413 g/mol. The molecule has 5 nitrogen and oxygen atoms in total. The molecule has 0 amide bonds. The summed E-state index contributed by atoms with van der Waals surface area (Å²) in [4.78, 5) is 25.3. The van der Waals surface area contributed by atoms with Gasteiger partial charge < -0.3 is 9.47 Å². The van der Waals surface area contributed by atoms with E-state index in [-0.39, 0.29) is 5.91 Å². The molecule has 0 saturated carbocycles. The molecule has 1 aromatic heterocycles. The predicted octanol–water partition coefficient (Wildman–Crippen LogP) is 5.16. The molecule has 4 aromatic rings. The highest BCUT2D eigenvalue weighted by Gasteiger charge is 2.26. The third kappa shape index (κ3) is 3.82. The fourth-order valence-electron chi connectivity index (χ4n) is 3.93. The van der Waals surface area contributed by atoms with Crippen molar-refractivity contribution in [1.29, 1.82) is 0 Å². The van der Waals surface area contributed by atoms with Gasteiger partial charge in [0.1, 0.15) is 5.75 Å². The average Bonchev–Trinajstić information content (AvgIpc) is 3.06. The lowest BCUT2D eigenvalue weighted by atomic mass is 9.99. The first kappa shape index (κ1) is 20.4. The van der Waals surface area contributed by atoms with Crippen molar-refractivity contribution in [2.45, 2.75) is 20.3 Å². The number of hydrogen-bond acceptors (Lipinski definition) is 4. The highest BCUT2D eigenvalue weighted by molar-refractivity contribution is 6.07. The molecule has 0 aliphatic carbocycles. The number of rotatable bonds is 5. The SMILES string of the molecule is COc1ccc2c(c1Cc1ccccc1)c(OC(C)=O)c(C)n2C(=O)c1ccccc1. The molecule has 0 radical (unpaired) electrons. The summed E-state index contributed by atoms with van der Waals surface area (Å²) in [6, 6.07) is 22.7. The van der Waals surface area contributed by atoms with Gasteiger partial charge >= 0.3 is 5.97 Å². The van der Waals surface area contributed by atoms with Crippen LogP contribution in [0.25, 0.3) is 10.9 Å². The number of ether oxygens (including phenoxy) is 2. The van der Waals surface area contributed by atoms with Crippen molar-refractivity contribution in [3.05, 3.63) is 95.2 Å². The van der Waals surface area contributed by atoms with Crippen LogP contribution in [0, 0.1) is 6.92 Å². The summed E-state index contributed by atoms with van der Waals surface area (Å²) >= 11 is 0. The number of benzene rings is 3. The molecule has 156 valence electrons. The largest absolute Gasteiger partial charge is 0.496 e. The van der Waals surface area contributed by atoms with Crippen LogP contribution in [0.5, 0.6) is 11.5 Å². The minimum atomic E-state index is -0.442. The van der Waals surface area contributed by atoms with E-state index in [1.165, 1.54) is 6.92 Å². The highest BCUT2D eigenvalue weighted by atomic mass is 16.5. The van der Waals surface area contributed by atoms with Crippen LogP contribution in [-0.2, 0) is 11.2 Å². The summed E-state index contributed by atoms with van der Waals surface area (Å²) in [6.07, 6.45) is 0.568. The van der Waals surface area contributed by atoms with Crippen LogP contribution >= 0.6 is 0 Å². The summed E-state index contributed by atoms with van der Waals surface area (Å²) in [5, 5.41) is 0.709. The number of nitrogens with zero attached hydrogens (tertiary/aromatic N) is 1. The Kier molecular flexibility index (Phi) is 5.58. The van der Waals surface area contributed by atoms with Gasteiger partial charge in [0.25, 0.3) is 5.91 Å². The number of methoxy groups -OCH3 is 1. The molecule has 0 aliphatic rings. The molecule has 1 heterocycles. The zero-order valence-corrected chi connectivity index (χ0v) is 17.7. The Balaban J connectivity index is 2.00. The monoisotopic (exact) mass is 413 g/mol. The maximum absolute atomic E-state index is 13.4. The molecule has 0 atom stereocenters. The number of carbonyl (C=O) groups excluding carboxylic acids is 2. The van der Waals surface area contributed by atoms with E-state index < -0.39 is 5.97 Å². The van der Waals surface area contributed by atoms with Crippen LogP contribution < -0.4 is 9.47 Å². The van der Waals surface area contributed by atoms with Gasteiger partial charge in [-0.3, -0.25) is 14.2 Å². The molecule has 0 N–H and O–H groups in total. The molecule has 0 bridgehead atoms. The maximum Gasteiger partial charge on any atom is 0.308 e. The molecule has 0 spiro atoms. The van der Waals surface area contributed by atoms with Crippen molar-refractivity contribution in [2.75, 3.05) is 7.11 Å². The Morgan fingerprint density at radius 3 is 2.16 bits per heavy atom. The van der Waals surface area contributed by atoms with E-state index in [0.29, 0.717) is 40.1 Å². The number of aromatic nitrogens is 1. The molecule has 0 saturated heterocycles. The first-order valence-electron chi connectivity index (χ1n) is 10.0. The molecule has 0 aliphatic heterocycles. The summed E-state index contributed by atoms with van der Waals surface area (Å²) < 4.78 is 12.9. The second-order valence-electron chi connectivity index (χ2n) is 7.32. The second kappa shape index (κ2) is 8.48. The fraction of sp³-hybridized carbons (Fsp3) is 0.154. The van der Waals surface area contributed by atoms with Crippen LogP contribution in [-0.4, -0.2) is 23.6 Å². The Morgan fingerprint density at radius 1 is 0.903 bits per heavy atom. The predicted molar refractivity (Wildman–Crippen MR) is 120 cm³/mol. The van der Waals surface area contributed by atoms with Crippen LogP contribution in [0.15, 0.2) is 72.8 Å². The summed E-state index contributed by atoms with van der Waals surface area (Å²) in [5.41, 5.74) is 3.75. The standard InChI is InChI=1S/C26H23NO4/c1-17-25(31-18(2)28)24-21(16-19-10-6-4-7-11-19)23(30-3)15-14-22(24)27(17)26(29)20-12-8-5-9-13-20/h4-15H,16H2,1-3H3. The van der Waals surface area contributed by atoms with E-state index in [4.69, 9.17) is 9.47 Å². The number of carbonyl (C=O) groups is 2. The van der Waals surface area contributed by atoms with E-state index in [9.17, 15) is 9.59 Å². The van der Waals surface area contributed by atoms with E-state index >= 15 is 0 Å². The molecule has 5 heteroatoms. The van der Waals surface area contributed by atoms with E-state index in [0.717, 1.165) is 11.1 Å². The van der Waals surface area contributed by atoms with Gasteiger partial charge in [-0.25, -0.2) is 0 Å². The van der Waals surface area contributed by atoms with Gasteiger partial charge in [0.15, 0.2) is 5.75 Å². The van der Waals surface area contributed by atoms with Gasteiger partial charge in [0.05, 0.1) is 23.7 Å². The van der Waals surface area contributed by atoms with Crippen LogP contribution in [0.4, 0.5) is 0 Å². The third-order valence-electron chi connectivity index (χ3n) is 5.29. The Labute approximate surface area is 180 Å². The van der Waals surface area contributed by atoms with E-state index in [2.05, 4.69) is 0 Å². The normalized spacial score (nSPS) is 10.8. The molecule has 0 unspecified atom stereocenters. The lowest BCUT2D eigenvalue weighted by molar-refractivity contribution is -0.131. The first-order valence-corrected chi connectivity index (χ1v) is 10.0. The highest BCUT2D eigenvalue weighted by Crippen LogP contribution is 2.40. The number of hydrogen-bond donors (Lipinski definition) is 0. The molecular formula is C26H23NO4. The van der Waals surface area contributed by atoms with Crippen LogP contribution in [0.3, 0.4) is 0 Å². The Morgan fingerprint density at radius 2 is 1.55 bits per heavy atom. The number of esters is 1. The minimum Gasteiger partial charge on any atom is -0.496 e. The number of fused-ring (bicyclic) bond motifs is 1. The maximum atomic E-state index is 13.4. The Bertz CT molecular complexity index is 1260. The fourth-order valence-corrected chi connectivity index (χ4v) is 3.93. The van der Waals surface area contributed by atoms with Crippen molar-refractivity contribution in [1.82, 2.24) is 4.57 Å². The molecule has 0 fully saturated rings. The third-order valence-corrected chi connectivity index (χ3v) is 5.29.